The predicted molar refractivity (Wildman–Crippen MR) is 73.5 cm³/mol. The lowest BCUT2D eigenvalue weighted by Crippen LogP contribution is -2.65. The Bertz CT molecular complexity index is 535. The van der Waals surface area contributed by atoms with Gasteiger partial charge in [0.1, 0.15) is 11.9 Å². The summed E-state index contributed by atoms with van der Waals surface area (Å²) < 4.78 is 5.76. The Morgan fingerprint density at radius 3 is 3.00 bits per heavy atom. The Kier molecular flexibility index (Phi) is 3.97. The smallest absolute Gasteiger partial charge is 0.297 e. The van der Waals surface area contributed by atoms with E-state index >= 15 is 0 Å². The summed E-state index contributed by atoms with van der Waals surface area (Å²) in [4.78, 5) is 11.3. The monoisotopic (exact) mass is 260 g/mol. The van der Waals surface area contributed by atoms with Gasteiger partial charge in [-0.1, -0.05) is 18.2 Å². The number of hydrogen-bond donors (Lipinski definition) is 2. The Labute approximate surface area is 112 Å². The minimum atomic E-state index is -0.327. The largest absolute Gasteiger partial charge is 0.485 e. The van der Waals surface area contributed by atoms with Crippen LogP contribution >= 0.6 is 0 Å². The number of carbonyl (C=O) groups is 1. The molecule has 1 amide bonds. The molecule has 5 heteroatoms. The molecule has 1 aromatic rings. The van der Waals surface area contributed by atoms with E-state index in [-0.39, 0.29) is 18.1 Å². The first-order valence-corrected chi connectivity index (χ1v) is 6.21. The molecular weight excluding hydrogens is 242 g/mol. The van der Waals surface area contributed by atoms with Crippen molar-refractivity contribution >= 4 is 18.2 Å². The summed E-state index contributed by atoms with van der Waals surface area (Å²) in [6.07, 6.45) is 3.53. The average Bonchev–Trinajstić information content (AvgIpc) is 2.39. The number of amides is 1. The molecule has 0 saturated carbocycles. The second-order valence-corrected chi connectivity index (χ2v) is 4.58. The van der Waals surface area contributed by atoms with Crippen molar-refractivity contribution in [3.8, 4) is 5.75 Å². The number of para-hydroxylation sites is 1. The van der Waals surface area contributed by atoms with Gasteiger partial charge in [-0.2, -0.15) is 5.10 Å². The second kappa shape index (κ2) is 5.67. The van der Waals surface area contributed by atoms with Crippen LogP contribution in [0.15, 0.2) is 34.9 Å². The van der Waals surface area contributed by atoms with E-state index in [1.165, 1.54) is 0 Å². The summed E-state index contributed by atoms with van der Waals surface area (Å²) in [6.45, 7) is 3.66. The number of ether oxygens (including phenoxy) is 1. The van der Waals surface area contributed by atoms with Crippen molar-refractivity contribution in [3.63, 3.8) is 0 Å². The minimum absolute atomic E-state index is 0.0901. The lowest BCUT2D eigenvalue weighted by molar-refractivity contribution is -0.398. The summed E-state index contributed by atoms with van der Waals surface area (Å²) in [5.74, 6) is 0.657. The number of benzene rings is 1. The third-order valence-electron chi connectivity index (χ3n) is 2.85. The van der Waals surface area contributed by atoms with Crippen LogP contribution in [0.1, 0.15) is 19.4 Å². The molecule has 1 heterocycles. The summed E-state index contributed by atoms with van der Waals surface area (Å²) in [7, 11) is 0. The zero-order chi connectivity index (χ0) is 13.8. The average molecular weight is 260 g/mol. The van der Waals surface area contributed by atoms with Crippen molar-refractivity contribution in [1.29, 1.82) is 0 Å². The van der Waals surface area contributed by atoms with E-state index in [4.69, 9.17) is 4.74 Å². The third-order valence-corrected chi connectivity index (χ3v) is 2.85. The van der Waals surface area contributed by atoms with Crippen LogP contribution in [0.25, 0.3) is 6.08 Å². The third kappa shape index (κ3) is 3.20. The normalized spacial score (nSPS) is 19.3. The topological polar surface area (TPSA) is 78.3 Å². The fourth-order valence-electron chi connectivity index (χ4n) is 1.69. The van der Waals surface area contributed by atoms with Crippen LogP contribution in [0.2, 0.25) is 0 Å². The molecule has 1 aromatic carbocycles. The highest BCUT2D eigenvalue weighted by atomic mass is 16.5. The van der Waals surface area contributed by atoms with Gasteiger partial charge in [-0.05, 0) is 26.0 Å². The fraction of sp³-hybridized carbons (Fsp3) is 0.286. The molecule has 5 nitrogen and oxygen atoms in total. The number of fused-ring (bicyclic) bond motifs is 1. The number of nitrogens with zero attached hydrogens (tertiary/aromatic N) is 1. The van der Waals surface area contributed by atoms with Crippen LogP contribution in [-0.4, -0.2) is 24.3 Å². The van der Waals surface area contributed by atoms with Crippen molar-refractivity contribution < 1.29 is 15.3 Å². The van der Waals surface area contributed by atoms with Crippen molar-refractivity contribution in [2.24, 2.45) is 5.10 Å². The minimum Gasteiger partial charge on any atom is -0.485 e. The first-order valence-electron chi connectivity index (χ1n) is 6.21. The van der Waals surface area contributed by atoms with Gasteiger partial charge in [-0.15, -0.1) is 0 Å². The van der Waals surface area contributed by atoms with Gasteiger partial charge in [-0.3, -0.25) is 4.79 Å². The molecule has 4 N–H and O–H groups in total. The maximum Gasteiger partial charge on any atom is 0.297 e. The Hall–Kier alpha value is -2.14. The van der Waals surface area contributed by atoms with Gasteiger partial charge < -0.3 is 10.5 Å². The molecule has 0 saturated heterocycles. The molecule has 2 rings (SSSR count). The van der Waals surface area contributed by atoms with Gasteiger partial charge in [0.15, 0.2) is 6.04 Å². The van der Waals surface area contributed by atoms with Gasteiger partial charge in [0.05, 0.1) is 6.21 Å². The molecule has 0 aliphatic carbocycles. The van der Waals surface area contributed by atoms with Crippen LogP contribution in [0.3, 0.4) is 0 Å². The van der Waals surface area contributed by atoms with Crippen molar-refractivity contribution in [3.05, 3.63) is 35.4 Å². The van der Waals surface area contributed by atoms with Gasteiger partial charge in [0.25, 0.3) is 5.91 Å². The zero-order valence-corrected chi connectivity index (χ0v) is 11.1. The van der Waals surface area contributed by atoms with E-state index in [0.717, 1.165) is 16.9 Å². The van der Waals surface area contributed by atoms with Gasteiger partial charge in [0.2, 0.25) is 0 Å². The summed E-state index contributed by atoms with van der Waals surface area (Å²) in [5.41, 5.74) is 7.99. The predicted octanol–water partition coefficient (Wildman–Crippen LogP) is 0.583. The van der Waals surface area contributed by atoms with Gasteiger partial charge in [0, 0.05) is 11.1 Å². The standard InChI is InChI=1S/C14H17N3O2/c1-9(15)14(18)17-16-8-12-7-11-5-3-4-6-13(11)19-10(12)2/h3-10H,15H2,1-2H3,(H,17,18)/p+1/b16-8-/t9-,10-/m1/s1. The van der Waals surface area contributed by atoms with E-state index in [2.05, 4.69) is 16.3 Å². The van der Waals surface area contributed by atoms with E-state index in [0.29, 0.717) is 0 Å². The first-order chi connectivity index (χ1) is 9.08. The fourth-order valence-corrected chi connectivity index (χ4v) is 1.69. The number of nitrogens with one attached hydrogen (secondary N) is 1. The molecule has 1 aliphatic rings. The van der Waals surface area contributed by atoms with Crippen LogP contribution < -0.4 is 15.9 Å². The second-order valence-electron chi connectivity index (χ2n) is 4.58. The number of hydrazone groups is 1. The summed E-state index contributed by atoms with van der Waals surface area (Å²) in [5, 5.41) is 3.93. The van der Waals surface area contributed by atoms with Crippen LogP contribution in [0.5, 0.6) is 5.75 Å². The Morgan fingerprint density at radius 1 is 1.53 bits per heavy atom. The van der Waals surface area contributed by atoms with Crippen LogP contribution in [0, 0.1) is 0 Å². The van der Waals surface area contributed by atoms with Gasteiger partial charge in [-0.25, -0.2) is 5.43 Å². The van der Waals surface area contributed by atoms with Crippen molar-refractivity contribution in [2.75, 3.05) is 0 Å². The molecule has 0 spiro atoms. The van der Waals surface area contributed by atoms with Crippen LogP contribution in [0.4, 0.5) is 0 Å². The highest BCUT2D eigenvalue weighted by Crippen LogP contribution is 2.28. The van der Waals surface area contributed by atoms with E-state index in [1.54, 1.807) is 13.1 Å². The molecule has 100 valence electrons. The Balaban J connectivity index is 2.10. The highest BCUT2D eigenvalue weighted by molar-refractivity contribution is 5.89. The summed E-state index contributed by atoms with van der Waals surface area (Å²) >= 11 is 0. The highest BCUT2D eigenvalue weighted by Gasteiger charge is 2.17. The molecule has 1 aliphatic heterocycles. The van der Waals surface area contributed by atoms with Crippen molar-refractivity contribution in [2.45, 2.75) is 26.0 Å². The lowest BCUT2D eigenvalue weighted by Gasteiger charge is -2.22. The quantitative estimate of drug-likeness (QED) is 0.616. The zero-order valence-electron chi connectivity index (χ0n) is 11.1. The number of rotatable bonds is 3. The first kappa shape index (κ1) is 13.3. The van der Waals surface area contributed by atoms with Crippen LogP contribution in [-0.2, 0) is 4.79 Å². The SMILES string of the molecule is C[C@@H]([NH3+])C(=O)N/N=C\C1=Cc2ccccc2O[C@@H]1C. The van der Waals surface area contributed by atoms with E-state index in [1.807, 2.05) is 37.3 Å². The van der Waals surface area contributed by atoms with Crippen molar-refractivity contribution in [1.82, 2.24) is 5.43 Å². The van der Waals surface area contributed by atoms with E-state index < -0.39 is 0 Å². The molecule has 0 radical (unpaired) electrons. The molecule has 0 fully saturated rings. The maximum atomic E-state index is 11.3. The molecular formula is C14H18N3O2+. The maximum absolute atomic E-state index is 11.3. The molecule has 0 aromatic heterocycles. The number of quaternary nitrogens is 1. The molecule has 0 bridgehead atoms. The van der Waals surface area contributed by atoms with E-state index in [9.17, 15) is 4.79 Å². The summed E-state index contributed by atoms with van der Waals surface area (Å²) in [6, 6.07) is 7.48. The number of hydrogen-bond acceptors (Lipinski definition) is 3. The molecule has 2 atom stereocenters. The Morgan fingerprint density at radius 2 is 2.26 bits per heavy atom. The molecule has 0 unspecified atom stereocenters. The molecule has 19 heavy (non-hydrogen) atoms. The van der Waals surface area contributed by atoms with Gasteiger partial charge >= 0.3 is 0 Å². The number of carbonyl (C=O) groups excluding carboxylic acids is 1. The lowest BCUT2D eigenvalue weighted by atomic mass is 10.0.